The molecule has 0 unspecified atom stereocenters. The average Bonchev–Trinajstić information content (AvgIpc) is 2.20. The number of nitrogens with one attached hydrogen (secondary N) is 1. The maximum Gasteiger partial charge on any atom is 0.216 e. The van der Waals surface area contributed by atoms with Gasteiger partial charge in [-0.1, -0.05) is 5.92 Å². The van der Waals surface area contributed by atoms with Crippen LogP contribution in [-0.4, -0.2) is 17.4 Å². The molecule has 4 heteroatoms. The van der Waals surface area contributed by atoms with Crippen molar-refractivity contribution >= 4 is 21.8 Å². The van der Waals surface area contributed by atoms with Gasteiger partial charge in [0.25, 0.3) is 0 Å². The predicted molar refractivity (Wildman–Crippen MR) is 62.1 cm³/mol. The first-order valence-corrected chi connectivity index (χ1v) is 5.32. The molecule has 1 N–H and O–H groups in total. The van der Waals surface area contributed by atoms with Gasteiger partial charge < -0.3 is 5.32 Å². The number of pyridine rings is 1. The first-order valence-electron chi connectivity index (χ1n) is 4.53. The third-order valence-electron chi connectivity index (χ3n) is 1.57. The molecular formula is C11H11BrN2O. The van der Waals surface area contributed by atoms with Crippen LogP contribution in [0.25, 0.3) is 0 Å². The third kappa shape index (κ3) is 5.18. The summed E-state index contributed by atoms with van der Waals surface area (Å²) < 4.78 is 0.936. The summed E-state index contributed by atoms with van der Waals surface area (Å²) >= 11 is 3.30. The standard InChI is InChI=1S/C11H11BrN2O/c1-9(15)13-7-3-2-4-11-6-5-10(12)8-14-11/h5-6,8H,3,7H2,1H3,(H,13,15). The van der Waals surface area contributed by atoms with Crippen LogP contribution in [0, 0.1) is 11.8 Å². The molecule has 1 rings (SSSR count). The quantitative estimate of drug-likeness (QED) is 0.655. The van der Waals surface area contributed by atoms with Gasteiger partial charge in [-0.15, -0.1) is 0 Å². The van der Waals surface area contributed by atoms with Crippen molar-refractivity contribution in [3.63, 3.8) is 0 Å². The van der Waals surface area contributed by atoms with Gasteiger partial charge in [0.2, 0.25) is 5.91 Å². The Hall–Kier alpha value is -1.34. The molecule has 0 saturated heterocycles. The second-order valence-electron chi connectivity index (χ2n) is 2.90. The number of carbonyl (C=O) groups excluding carboxylic acids is 1. The highest BCUT2D eigenvalue weighted by Gasteiger charge is 1.89. The van der Waals surface area contributed by atoms with Crippen molar-refractivity contribution in [1.29, 1.82) is 0 Å². The van der Waals surface area contributed by atoms with Crippen molar-refractivity contribution in [2.45, 2.75) is 13.3 Å². The van der Waals surface area contributed by atoms with Crippen LogP contribution in [0.4, 0.5) is 0 Å². The SMILES string of the molecule is CC(=O)NCCC#Cc1ccc(Br)cn1. The molecule has 0 saturated carbocycles. The Kier molecular flexibility index (Phi) is 4.85. The van der Waals surface area contributed by atoms with Crippen LogP contribution in [0.1, 0.15) is 19.0 Å². The van der Waals surface area contributed by atoms with Crippen LogP contribution < -0.4 is 5.32 Å². The monoisotopic (exact) mass is 266 g/mol. The van der Waals surface area contributed by atoms with Crippen molar-refractivity contribution in [3.8, 4) is 11.8 Å². The van der Waals surface area contributed by atoms with E-state index < -0.39 is 0 Å². The van der Waals surface area contributed by atoms with Gasteiger partial charge in [0.05, 0.1) is 0 Å². The molecular weight excluding hydrogens is 256 g/mol. The van der Waals surface area contributed by atoms with E-state index in [1.807, 2.05) is 12.1 Å². The molecule has 0 radical (unpaired) electrons. The highest BCUT2D eigenvalue weighted by atomic mass is 79.9. The molecule has 0 aliphatic rings. The first kappa shape index (κ1) is 11.7. The van der Waals surface area contributed by atoms with Gasteiger partial charge in [-0.05, 0) is 34.0 Å². The summed E-state index contributed by atoms with van der Waals surface area (Å²) in [5.41, 5.74) is 0.737. The zero-order valence-corrected chi connectivity index (χ0v) is 9.97. The average molecular weight is 267 g/mol. The van der Waals surface area contributed by atoms with Gasteiger partial charge in [-0.25, -0.2) is 4.98 Å². The van der Waals surface area contributed by atoms with Crippen LogP contribution >= 0.6 is 15.9 Å². The van der Waals surface area contributed by atoms with Crippen molar-refractivity contribution < 1.29 is 4.79 Å². The number of hydrogen-bond acceptors (Lipinski definition) is 2. The second kappa shape index (κ2) is 6.20. The largest absolute Gasteiger partial charge is 0.355 e. The Bertz CT molecular complexity index is 389. The molecule has 0 aliphatic heterocycles. The van der Waals surface area contributed by atoms with Gasteiger partial charge in [0.15, 0.2) is 0 Å². The lowest BCUT2D eigenvalue weighted by atomic mass is 10.3. The minimum Gasteiger partial charge on any atom is -0.355 e. The van der Waals surface area contributed by atoms with Crippen molar-refractivity contribution in [3.05, 3.63) is 28.5 Å². The molecule has 1 heterocycles. The molecule has 0 aromatic carbocycles. The molecule has 0 atom stereocenters. The lowest BCUT2D eigenvalue weighted by Crippen LogP contribution is -2.20. The lowest BCUT2D eigenvalue weighted by Gasteiger charge is -1.94. The van der Waals surface area contributed by atoms with Crippen LogP contribution in [0.2, 0.25) is 0 Å². The van der Waals surface area contributed by atoms with Crippen LogP contribution in [-0.2, 0) is 4.79 Å². The number of hydrogen-bond donors (Lipinski definition) is 1. The topological polar surface area (TPSA) is 42.0 Å². The van der Waals surface area contributed by atoms with Crippen molar-refractivity contribution in [2.24, 2.45) is 0 Å². The molecule has 1 aromatic rings. The van der Waals surface area contributed by atoms with Crippen LogP contribution in [0.3, 0.4) is 0 Å². The molecule has 1 amide bonds. The molecule has 1 aromatic heterocycles. The number of rotatable bonds is 2. The van der Waals surface area contributed by atoms with E-state index in [0.29, 0.717) is 13.0 Å². The number of halogens is 1. The van der Waals surface area contributed by atoms with E-state index >= 15 is 0 Å². The van der Waals surface area contributed by atoms with Crippen LogP contribution in [0.15, 0.2) is 22.8 Å². The Morgan fingerprint density at radius 3 is 3.00 bits per heavy atom. The van der Waals surface area contributed by atoms with Gasteiger partial charge in [-0.3, -0.25) is 4.79 Å². The fourth-order valence-electron chi connectivity index (χ4n) is 0.904. The maximum absolute atomic E-state index is 10.5. The summed E-state index contributed by atoms with van der Waals surface area (Å²) in [5, 5.41) is 2.67. The zero-order valence-electron chi connectivity index (χ0n) is 8.38. The van der Waals surface area contributed by atoms with Crippen LogP contribution in [0.5, 0.6) is 0 Å². The fraction of sp³-hybridized carbons (Fsp3) is 0.273. The highest BCUT2D eigenvalue weighted by Crippen LogP contribution is 2.06. The minimum absolute atomic E-state index is 0.0291. The maximum atomic E-state index is 10.5. The molecule has 3 nitrogen and oxygen atoms in total. The third-order valence-corrected chi connectivity index (χ3v) is 2.04. The summed E-state index contributed by atoms with van der Waals surface area (Å²) in [6, 6.07) is 3.74. The smallest absolute Gasteiger partial charge is 0.216 e. The van der Waals surface area contributed by atoms with E-state index in [2.05, 4.69) is 38.1 Å². The number of nitrogens with zero attached hydrogens (tertiary/aromatic N) is 1. The number of aromatic nitrogens is 1. The van der Waals surface area contributed by atoms with E-state index in [4.69, 9.17) is 0 Å². The lowest BCUT2D eigenvalue weighted by molar-refractivity contribution is -0.118. The van der Waals surface area contributed by atoms with E-state index in [9.17, 15) is 4.79 Å². The van der Waals surface area contributed by atoms with E-state index in [1.54, 1.807) is 6.20 Å². The second-order valence-corrected chi connectivity index (χ2v) is 3.81. The normalized spacial score (nSPS) is 8.93. The Labute approximate surface area is 97.4 Å². The van der Waals surface area contributed by atoms with Crippen molar-refractivity contribution in [2.75, 3.05) is 6.54 Å². The first-order chi connectivity index (χ1) is 7.18. The highest BCUT2D eigenvalue weighted by molar-refractivity contribution is 9.10. The predicted octanol–water partition coefficient (Wildman–Crippen LogP) is 1.72. The summed E-state index contributed by atoms with van der Waals surface area (Å²) in [6.45, 7) is 2.07. The summed E-state index contributed by atoms with van der Waals surface area (Å²) in [4.78, 5) is 14.6. The molecule has 0 bridgehead atoms. The molecule has 0 fully saturated rings. The Balaban J connectivity index is 2.38. The molecule has 78 valence electrons. The minimum atomic E-state index is -0.0291. The zero-order chi connectivity index (χ0) is 11.1. The fourth-order valence-corrected chi connectivity index (χ4v) is 1.14. The van der Waals surface area contributed by atoms with Crippen molar-refractivity contribution in [1.82, 2.24) is 10.3 Å². The number of carbonyl (C=O) groups is 1. The number of amides is 1. The molecule has 0 aliphatic carbocycles. The van der Waals surface area contributed by atoms with E-state index in [1.165, 1.54) is 6.92 Å². The summed E-state index contributed by atoms with van der Waals surface area (Å²) in [6.07, 6.45) is 2.34. The molecule has 0 spiro atoms. The Morgan fingerprint density at radius 2 is 2.40 bits per heavy atom. The summed E-state index contributed by atoms with van der Waals surface area (Å²) in [5.74, 6) is 5.82. The Morgan fingerprint density at radius 1 is 1.60 bits per heavy atom. The summed E-state index contributed by atoms with van der Waals surface area (Å²) in [7, 11) is 0. The van der Waals surface area contributed by atoms with E-state index in [-0.39, 0.29) is 5.91 Å². The van der Waals surface area contributed by atoms with Gasteiger partial charge >= 0.3 is 0 Å². The van der Waals surface area contributed by atoms with E-state index in [0.717, 1.165) is 10.2 Å². The van der Waals surface area contributed by atoms with Gasteiger partial charge in [0.1, 0.15) is 5.69 Å². The van der Waals surface area contributed by atoms with Gasteiger partial charge in [0, 0.05) is 30.6 Å². The molecule has 15 heavy (non-hydrogen) atoms. The van der Waals surface area contributed by atoms with Gasteiger partial charge in [-0.2, -0.15) is 0 Å².